The van der Waals surface area contributed by atoms with Crippen molar-refractivity contribution in [3.63, 3.8) is 0 Å². The van der Waals surface area contributed by atoms with Crippen LogP contribution >= 0.6 is 0 Å². The van der Waals surface area contributed by atoms with E-state index in [9.17, 15) is 23.1 Å². The predicted octanol–water partition coefficient (Wildman–Crippen LogP) is 2.54. The molecule has 8 heteroatoms. The molecule has 1 aromatic carbocycles. The molecule has 1 aliphatic heterocycles. The largest absolute Gasteiger partial charge is 0.480 e. The van der Waals surface area contributed by atoms with E-state index in [0.29, 0.717) is 18.7 Å². The molecule has 1 unspecified atom stereocenters. The van der Waals surface area contributed by atoms with Gasteiger partial charge in [-0.1, -0.05) is 12.1 Å². The minimum atomic E-state index is -4.46. The van der Waals surface area contributed by atoms with Crippen LogP contribution in [0.2, 0.25) is 0 Å². The number of hydrogen-bond acceptors (Lipinski definition) is 3. The number of aromatic nitrogens is 3. The number of aliphatic carboxylic acids is 1. The van der Waals surface area contributed by atoms with Gasteiger partial charge in [0.15, 0.2) is 5.82 Å². The molecule has 0 bridgehead atoms. The monoisotopic (exact) mass is 297 g/mol. The third kappa shape index (κ3) is 2.26. The van der Waals surface area contributed by atoms with Crippen LogP contribution in [0.25, 0.3) is 11.4 Å². The number of benzene rings is 1. The van der Waals surface area contributed by atoms with Crippen molar-refractivity contribution >= 4 is 5.97 Å². The van der Waals surface area contributed by atoms with E-state index in [1.165, 1.54) is 16.7 Å². The van der Waals surface area contributed by atoms with Crippen LogP contribution in [-0.4, -0.2) is 25.8 Å². The smallest absolute Gasteiger partial charge is 0.416 e. The van der Waals surface area contributed by atoms with E-state index in [-0.39, 0.29) is 11.4 Å². The summed E-state index contributed by atoms with van der Waals surface area (Å²) in [5.41, 5.74) is -0.598. The van der Waals surface area contributed by atoms with Gasteiger partial charge in [-0.25, -0.2) is 4.79 Å². The first-order valence-electron chi connectivity index (χ1n) is 6.22. The van der Waals surface area contributed by atoms with Crippen molar-refractivity contribution in [3.05, 3.63) is 35.7 Å². The molecule has 0 fully saturated rings. The van der Waals surface area contributed by atoms with E-state index in [1.807, 2.05) is 0 Å². The van der Waals surface area contributed by atoms with Gasteiger partial charge in [0, 0.05) is 12.0 Å². The molecule has 0 aliphatic carbocycles. The van der Waals surface area contributed by atoms with Crippen LogP contribution in [0.5, 0.6) is 0 Å². The second-order valence-electron chi connectivity index (χ2n) is 4.78. The fourth-order valence-electron chi connectivity index (χ4n) is 2.48. The Kier molecular flexibility index (Phi) is 2.96. The first kappa shape index (κ1) is 13.6. The summed E-state index contributed by atoms with van der Waals surface area (Å²) in [5.74, 6) is -0.405. The quantitative estimate of drug-likeness (QED) is 0.925. The molecular formula is C13H10F3N3O2. The molecule has 0 spiro atoms. The van der Waals surface area contributed by atoms with Crippen molar-refractivity contribution in [2.45, 2.75) is 25.1 Å². The Morgan fingerprint density at radius 1 is 1.33 bits per heavy atom. The topological polar surface area (TPSA) is 68.0 Å². The molecule has 1 aliphatic rings. The number of carbonyl (C=O) groups is 1. The summed E-state index contributed by atoms with van der Waals surface area (Å²) in [6.07, 6.45) is -3.65. The molecule has 5 nitrogen and oxygen atoms in total. The Bertz CT molecular complexity index is 709. The molecule has 110 valence electrons. The SMILES string of the molecule is O=C(O)C1CCc2nnc(-c3cccc(C(F)(F)F)c3)n21. The molecule has 1 aromatic heterocycles. The molecule has 0 saturated carbocycles. The number of rotatable bonds is 2. The van der Waals surface area contributed by atoms with Gasteiger partial charge in [-0.05, 0) is 18.6 Å². The number of hydrogen-bond donors (Lipinski definition) is 1. The highest BCUT2D eigenvalue weighted by Gasteiger charge is 2.34. The highest BCUT2D eigenvalue weighted by atomic mass is 19.4. The summed E-state index contributed by atoms with van der Waals surface area (Å²) in [5, 5.41) is 16.9. The van der Waals surface area contributed by atoms with Crippen LogP contribution in [0.3, 0.4) is 0 Å². The van der Waals surface area contributed by atoms with Crippen LogP contribution < -0.4 is 0 Å². The van der Waals surface area contributed by atoms with E-state index >= 15 is 0 Å². The molecular weight excluding hydrogens is 287 g/mol. The van der Waals surface area contributed by atoms with Gasteiger partial charge in [-0.2, -0.15) is 13.2 Å². The standard InChI is InChI=1S/C13H10F3N3O2/c14-13(15,16)8-3-1-2-7(6-8)11-18-17-10-5-4-9(12(20)21)19(10)11/h1-3,6,9H,4-5H2,(H,20,21). The van der Waals surface area contributed by atoms with Crippen LogP contribution in [-0.2, 0) is 17.4 Å². The molecule has 0 amide bonds. The minimum Gasteiger partial charge on any atom is -0.480 e. The van der Waals surface area contributed by atoms with E-state index in [4.69, 9.17) is 0 Å². The molecule has 3 rings (SSSR count). The second kappa shape index (κ2) is 4.57. The lowest BCUT2D eigenvalue weighted by molar-refractivity contribution is -0.140. The molecule has 21 heavy (non-hydrogen) atoms. The molecule has 2 aromatic rings. The van der Waals surface area contributed by atoms with Crippen molar-refractivity contribution in [1.29, 1.82) is 0 Å². The van der Waals surface area contributed by atoms with E-state index in [2.05, 4.69) is 10.2 Å². The van der Waals surface area contributed by atoms with Gasteiger partial charge in [0.05, 0.1) is 5.56 Å². The average molecular weight is 297 g/mol. The summed E-state index contributed by atoms with van der Waals surface area (Å²) < 4.78 is 39.7. The maximum absolute atomic E-state index is 12.8. The number of nitrogens with zero attached hydrogens (tertiary/aromatic N) is 3. The maximum atomic E-state index is 12.8. The van der Waals surface area contributed by atoms with Crippen LogP contribution in [0, 0.1) is 0 Å². The number of carboxylic acid groups (broad SMARTS) is 1. The van der Waals surface area contributed by atoms with Crippen molar-refractivity contribution in [3.8, 4) is 11.4 Å². The fourth-order valence-corrected chi connectivity index (χ4v) is 2.48. The lowest BCUT2D eigenvalue weighted by Gasteiger charge is -2.12. The predicted molar refractivity (Wildman–Crippen MR) is 65.5 cm³/mol. The van der Waals surface area contributed by atoms with E-state index in [1.54, 1.807) is 0 Å². The number of alkyl halides is 3. The Hall–Kier alpha value is -2.38. The van der Waals surface area contributed by atoms with Gasteiger partial charge >= 0.3 is 12.1 Å². The Labute approximate surface area is 117 Å². The zero-order chi connectivity index (χ0) is 15.2. The molecule has 2 heterocycles. The Morgan fingerprint density at radius 3 is 2.76 bits per heavy atom. The zero-order valence-corrected chi connectivity index (χ0v) is 10.6. The highest BCUT2D eigenvalue weighted by molar-refractivity contribution is 5.74. The van der Waals surface area contributed by atoms with Crippen molar-refractivity contribution in [2.75, 3.05) is 0 Å². The first-order valence-corrected chi connectivity index (χ1v) is 6.22. The second-order valence-corrected chi connectivity index (χ2v) is 4.78. The highest BCUT2D eigenvalue weighted by Crippen LogP contribution is 2.34. The van der Waals surface area contributed by atoms with Crippen LogP contribution in [0.15, 0.2) is 24.3 Å². The van der Waals surface area contributed by atoms with Gasteiger partial charge in [-0.15, -0.1) is 10.2 Å². The number of aryl methyl sites for hydroxylation is 1. The van der Waals surface area contributed by atoms with E-state index < -0.39 is 23.8 Å². The van der Waals surface area contributed by atoms with Gasteiger partial charge in [-0.3, -0.25) is 4.57 Å². The summed E-state index contributed by atoms with van der Waals surface area (Å²) in [4.78, 5) is 11.2. The summed E-state index contributed by atoms with van der Waals surface area (Å²) in [6.45, 7) is 0. The zero-order valence-electron chi connectivity index (χ0n) is 10.6. The lowest BCUT2D eigenvalue weighted by Crippen LogP contribution is -2.16. The average Bonchev–Trinajstić information content (AvgIpc) is 2.98. The Morgan fingerprint density at radius 2 is 2.10 bits per heavy atom. The number of fused-ring (bicyclic) bond motifs is 1. The summed E-state index contributed by atoms with van der Waals surface area (Å²) in [7, 11) is 0. The normalized spacial score (nSPS) is 17.8. The van der Waals surface area contributed by atoms with Crippen LogP contribution in [0.1, 0.15) is 23.9 Å². The molecule has 1 N–H and O–H groups in total. The van der Waals surface area contributed by atoms with Crippen molar-refractivity contribution in [1.82, 2.24) is 14.8 Å². The first-order chi connectivity index (χ1) is 9.88. The minimum absolute atomic E-state index is 0.154. The van der Waals surface area contributed by atoms with Gasteiger partial charge in [0.1, 0.15) is 11.9 Å². The molecule has 1 atom stereocenters. The fraction of sp³-hybridized carbons (Fsp3) is 0.308. The van der Waals surface area contributed by atoms with Gasteiger partial charge in [0.2, 0.25) is 0 Å². The van der Waals surface area contributed by atoms with Gasteiger partial charge < -0.3 is 5.11 Å². The van der Waals surface area contributed by atoms with Crippen molar-refractivity contribution < 1.29 is 23.1 Å². The summed E-state index contributed by atoms with van der Waals surface area (Å²) >= 11 is 0. The van der Waals surface area contributed by atoms with Crippen LogP contribution in [0.4, 0.5) is 13.2 Å². The Balaban J connectivity index is 2.09. The molecule has 0 saturated heterocycles. The number of carboxylic acids is 1. The third-order valence-electron chi connectivity index (χ3n) is 3.45. The van der Waals surface area contributed by atoms with Crippen molar-refractivity contribution in [2.24, 2.45) is 0 Å². The van der Waals surface area contributed by atoms with E-state index in [0.717, 1.165) is 12.1 Å². The molecule has 0 radical (unpaired) electrons. The third-order valence-corrected chi connectivity index (χ3v) is 3.45. The lowest BCUT2D eigenvalue weighted by atomic mass is 10.1. The number of halogens is 3. The summed E-state index contributed by atoms with van der Waals surface area (Å²) in [6, 6.07) is 3.81. The maximum Gasteiger partial charge on any atom is 0.416 e. The van der Waals surface area contributed by atoms with Gasteiger partial charge in [0.25, 0.3) is 0 Å².